The minimum atomic E-state index is -1.41. The zero-order valence-electron chi connectivity index (χ0n) is 14.9. The van der Waals surface area contributed by atoms with E-state index >= 15 is 0 Å². The Bertz CT molecular complexity index is 736. The fraction of sp³-hybridized carbons (Fsp3) is 0.500. The van der Waals surface area contributed by atoms with Crippen LogP contribution in [0.1, 0.15) is 12.5 Å². The van der Waals surface area contributed by atoms with Crippen LogP contribution in [-0.4, -0.2) is 76.8 Å². The Labute approximate surface area is 155 Å². The molecule has 2 fully saturated rings. The average molecular weight is 381 g/mol. The highest BCUT2D eigenvalue weighted by molar-refractivity contribution is 5.97. The lowest BCUT2D eigenvalue weighted by atomic mass is 9.83. The number of aliphatic hydroxyl groups excluding tert-OH is 3. The quantitative estimate of drug-likeness (QED) is 0.424. The lowest BCUT2D eigenvalue weighted by Crippen LogP contribution is -2.67. The highest BCUT2D eigenvalue weighted by atomic mass is 16.7. The van der Waals surface area contributed by atoms with Gasteiger partial charge in [0.2, 0.25) is 5.91 Å². The third-order valence-corrected chi connectivity index (χ3v) is 4.85. The first-order valence-electron chi connectivity index (χ1n) is 8.47. The molecule has 1 aromatic rings. The molecule has 2 aliphatic rings. The molecule has 0 unspecified atom stereocenters. The van der Waals surface area contributed by atoms with Gasteiger partial charge in [-0.1, -0.05) is 6.07 Å². The minimum Gasteiger partial charge on any atom is -0.504 e. The lowest BCUT2D eigenvalue weighted by Gasteiger charge is -2.41. The predicted octanol–water partition coefficient (Wildman–Crippen LogP) is -0.873. The Kier molecular flexibility index (Phi) is 5.68. The topological polar surface area (TPSA) is 138 Å². The van der Waals surface area contributed by atoms with Gasteiger partial charge in [0.15, 0.2) is 11.5 Å². The molecule has 0 bridgehead atoms. The maximum absolute atomic E-state index is 12.5. The molecule has 1 amide bonds. The number of phenols is 1. The number of hydrogen-bond acceptors (Lipinski definition) is 8. The van der Waals surface area contributed by atoms with E-state index in [1.807, 2.05) is 0 Å². The van der Waals surface area contributed by atoms with Crippen LogP contribution in [0.15, 0.2) is 23.8 Å². The monoisotopic (exact) mass is 381 g/mol. The molecule has 0 radical (unpaired) electrons. The predicted molar refractivity (Wildman–Crippen MR) is 92.9 cm³/mol. The Morgan fingerprint density at radius 1 is 1.19 bits per heavy atom. The lowest BCUT2D eigenvalue weighted by molar-refractivity contribution is -0.155. The molecule has 1 saturated heterocycles. The number of nitrogens with one attached hydrogen (secondary N) is 1. The second-order valence-corrected chi connectivity index (χ2v) is 6.61. The maximum Gasteiger partial charge on any atom is 0.247 e. The second-order valence-electron chi connectivity index (χ2n) is 6.61. The maximum atomic E-state index is 12.5. The van der Waals surface area contributed by atoms with E-state index in [9.17, 15) is 25.2 Å². The first-order valence-corrected chi connectivity index (χ1v) is 8.47. The summed E-state index contributed by atoms with van der Waals surface area (Å²) < 4.78 is 15.4. The van der Waals surface area contributed by atoms with E-state index in [2.05, 4.69) is 5.32 Å². The summed E-state index contributed by atoms with van der Waals surface area (Å²) in [5.74, 6) is -0.298. The molecule has 1 aliphatic carbocycles. The van der Waals surface area contributed by atoms with E-state index in [1.165, 1.54) is 19.3 Å². The van der Waals surface area contributed by atoms with E-state index in [0.29, 0.717) is 11.3 Å². The van der Waals surface area contributed by atoms with Gasteiger partial charge in [-0.2, -0.15) is 0 Å². The molecule has 1 aliphatic heterocycles. The van der Waals surface area contributed by atoms with Crippen LogP contribution in [0.4, 0.5) is 0 Å². The van der Waals surface area contributed by atoms with Gasteiger partial charge in [0, 0.05) is 5.57 Å². The van der Waals surface area contributed by atoms with Gasteiger partial charge in [-0.3, -0.25) is 4.79 Å². The number of phenolic OH excluding ortho intramolecular Hbond substituents is 1. The molecule has 5 N–H and O–H groups in total. The number of carbonyl (C=O) groups is 1. The van der Waals surface area contributed by atoms with Gasteiger partial charge in [-0.15, -0.1) is 0 Å². The minimum absolute atomic E-state index is 0.0647. The first kappa shape index (κ1) is 19.6. The number of benzene rings is 1. The molecular formula is C18H23NO8. The normalized spacial score (nSPS) is 33.4. The van der Waals surface area contributed by atoms with Crippen molar-refractivity contribution in [2.45, 2.75) is 43.5 Å². The van der Waals surface area contributed by atoms with E-state index in [1.54, 1.807) is 19.1 Å². The molecule has 3 rings (SSSR count). The summed E-state index contributed by atoms with van der Waals surface area (Å²) in [6, 6.07) is 3.55. The van der Waals surface area contributed by atoms with E-state index in [4.69, 9.17) is 14.2 Å². The highest BCUT2D eigenvalue weighted by Crippen LogP contribution is 2.30. The molecule has 6 atom stereocenters. The highest BCUT2D eigenvalue weighted by Gasteiger charge is 2.53. The van der Waals surface area contributed by atoms with E-state index in [0.717, 1.165) is 0 Å². The van der Waals surface area contributed by atoms with Gasteiger partial charge < -0.3 is 40.0 Å². The smallest absolute Gasteiger partial charge is 0.247 e. The molecule has 1 saturated carbocycles. The second kappa shape index (κ2) is 7.83. The third-order valence-electron chi connectivity index (χ3n) is 4.85. The molecule has 9 nitrogen and oxygen atoms in total. The van der Waals surface area contributed by atoms with Gasteiger partial charge >= 0.3 is 0 Å². The molecule has 0 aromatic heterocycles. The van der Waals surface area contributed by atoms with Crippen molar-refractivity contribution in [3.8, 4) is 11.5 Å². The van der Waals surface area contributed by atoms with Crippen LogP contribution in [0.25, 0.3) is 6.08 Å². The molecule has 1 heterocycles. The van der Waals surface area contributed by atoms with Crippen molar-refractivity contribution in [1.82, 2.24) is 5.32 Å². The van der Waals surface area contributed by atoms with Crippen LogP contribution in [0.5, 0.6) is 11.5 Å². The van der Waals surface area contributed by atoms with Gasteiger partial charge in [-0.05, 0) is 30.7 Å². The number of methoxy groups -OCH3 is 1. The molecule has 0 spiro atoms. The molecule has 1 aromatic carbocycles. The first-order chi connectivity index (χ1) is 12.8. The Morgan fingerprint density at radius 3 is 2.48 bits per heavy atom. The number of rotatable bonds is 4. The van der Waals surface area contributed by atoms with Crippen molar-refractivity contribution in [2.75, 3.05) is 13.9 Å². The van der Waals surface area contributed by atoms with Gasteiger partial charge in [0.25, 0.3) is 0 Å². The molecular weight excluding hydrogens is 358 g/mol. The van der Waals surface area contributed by atoms with Crippen LogP contribution in [-0.2, 0) is 14.3 Å². The number of carbonyl (C=O) groups excluding carboxylic acids is 1. The summed E-state index contributed by atoms with van der Waals surface area (Å²) in [6.07, 6.45) is -4.10. The summed E-state index contributed by atoms with van der Waals surface area (Å²) in [5, 5.41) is 43.1. The van der Waals surface area contributed by atoms with E-state index < -0.39 is 42.5 Å². The number of aromatic hydroxyl groups is 1. The number of fused-ring (bicyclic) bond motifs is 1. The third kappa shape index (κ3) is 3.78. The standard InChI is InChI=1S/C18H23NO8/c1-8(5-9-3-4-11(25-2)10(20)6-9)18(24)19-12-13(21)15(23)17-16(14(12)22)26-7-27-17/h3-6,12-17,20-23H,7H2,1-2H3,(H,19,24)/b8-5+/t12-,13+,14-,15-,16+,17-/m1/s1. The molecule has 27 heavy (non-hydrogen) atoms. The molecule has 148 valence electrons. The summed E-state index contributed by atoms with van der Waals surface area (Å²) in [7, 11) is 1.43. The van der Waals surface area contributed by atoms with Crippen molar-refractivity contribution < 1.29 is 39.4 Å². The Hall–Kier alpha value is -2.17. The molecule has 9 heteroatoms. The largest absolute Gasteiger partial charge is 0.504 e. The summed E-state index contributed by atoms with van der Waals surface area (Å²) in [6.45, 7) is 1.45. The van der Waals surface area contributed by atoms with Crippen molar-refractivity contribution in [2.24, 2.45) is 0 Å². The summed E-state index contributed by atoms with van der Waals surface area (Å²) >= 11 is 0. The fourth-order valence-electron chi connectivity index (χ4n) is 3.33. The Morgan fingerprint density at radius 2 is 1.85 bits per heavy atom. The number of hydrogen-bond donors (Lipinski definition) is 5. The van der Waals surface area contributed by atoms with Crippen LogP contribution in [0.3, 0.4) is 0 Å². The van der Waals surface area contributed by atoms with E-state index in [-0.39, 0.29) is 18.1 Å². The van der Waals surface area contributed by atoms with Crippen molar-refractivity contribution in [1.29, 1.82) is 0 Å². The number of amides is 1. The number of aliphatic hydroxyl groups is 3. The summed E-state index contributed by atoms with van der Waals surface area (Å²) in [5.41, 5.74) is 0.845. The van der Waals surface area contributed by atoms with Crippen molar-refractivity contribution >= 4 is 12.0 Å². The van der Waals surface area contributed by atoms with Crippen LogP contribution in [0.2, 0.25) is 0 Å². The van der Waals surface area contributed by atoms with Crippen LogP contribution in [0, 0.1) is 0 Å². The van der Waals surface area contributed by atoms with Crippen LogP contribution < -0.4 is 10.1 Å². The van der Waals surface area contributed by atoms with Crippen LogP contribution >= 0.6 is 0 Å². The van der Waals surface area contributed by atoms with Crippen molar-refractivity contribution in [3.05, 3.63) is 29.3 Å². The Balaban J connectivity index is 1.72. The van der Waals surface area contributed by atoms with Gasteiger partial charge in [-0.25, -0.2) is 0 Å². The summed E-state index contributed by atoms with van der Waals surface area (Å²) in [4.78, 5) is 12.5. The van der Waals surface area contributed by atoms with Gasteiger partial charge in [0.05, 0.1) is 13.2 Å². The SMILES string of the molecule is COc1ccc(/C=C(\C)C(=O)N[C@@H]2[C@H](O)[C@@H](O)[C@H]3OCO[C@H]3[C@@H]2O)cc1O. The van der Waals surface area contributed by atoms with Gasteiger partial charge in [0.1, 0.15) is 37.3 Å². The fourth-order valence-corrected chi connectivity index (χ4v) is 3.33. The average Bonchev–Trinajstić information content (AvgIpc) is 3.13. The zero-order valence-corrected chi connectivity index (χ0v) is 14.9. The zero-order chi connectivity index (χ0) is 19.7. The van der Waals surface area contributed by atoms with Crippen molar-refractivity contribution in [3.63, 3.8) is 0 Å². The number of ether oxygens (including phenoxy) is 3.